The maximum atomic E-state index is 4.88. The van der Waals surface area contributed by atoms with E-state index in [9.17, 15) is 0 Å². The van der Waals surface area contributed by atoms with Crippen LogP contribution in [-0.4, -0.2) is 24.8 Å². The number of thiocarbonyl (C=S) groups is 1. The van der Waals surface area contributed by atoms with Crippen LogP contribution in [-0.2, 0) is 9.47 Å². The lowest BCUT2D eigenvalue weighted by Gasteiger charge is -1.92. The predicted molar refractivity (Wildman–Crippen MR) is 30.7 cm³/mol. The summed E-state index contributed by atoms with van der Waals surface area (Å²) in [6.45, 7) is 0.828. The van der Waals surface area contributed by atoms with Gasteiger partial charge in [-0.3, -0.25) is 0 Å². The maximum absolute atomic E-state index is 4.88. The van der Waals surface area contributed by atoms with E-state index < -0.39 is 0 Å². The number of aliphatic imine (C=N–C) groups is 1. The van der Waals surface area contributed by atoms with Gasteiger partial charge in [0.1, 0.15) is 6.79 Å². The molecule has 0 aromatic carbocycles. The van der Waals surface area contributed by atoms with E-state index in [1.54, 1.807) is 0 Å². The van der Waals surface area contributed by atoms with Gasteiger partial charge in [0.25, 0.3) is 0 Å². The lowest BCUT2D eigenvalue weighted by atomic mass is 10.6. The van der Waals surface area contributed by atoms with Gasteiger partial charge in [-0.05, 0) is 12.2 Å². The highest BCUT2D eigenvalue weighted by molar-refractivity contribution is 7.78. The van der Waals surface area contributed by atoms with Crippen molar-refractivity contribution in [3.63, 3.8) is 0 Å². The Kier molecular flexibility index (Phi) is 2.11. The number of nitrogens with zero attached hydrogens (tertiary/aromatic N) is 1. The van der Waals surface area contributed by atoms with Gasteiger partial charge in [0.2, 0.25) is 0 Å². The van der Waals surface area contributed by atoms with Crippen LogP contribution in [0.3, 0.4) is 0 Å². The third-order valence-corrected chi connectivity index (χ3v) is 0.906. The third kappa shape index (κ3) is 1.35. The van der Waals surface area contributed by atoms with Crippen LogP contribution >= 0.6 is 12.2 Å². The van der Waals surface area contributed by atoms with Crippen LogP contribution < -0.4 is 0 Å². The van der Waals surface area contributed by atoms with Crippen molar-refractivity contribution in [3.05, 3.63) is 0 Å². The van der Waals surface area contributed by atoms with Crippen molar-refractivity contribution in [3.8, 4) is 0 Å². The summed E-state index contributed by atoms with van der Waals surface area (Å²) in [5, 5.41) is 2.21. The monoisotopic (exact) mass is 131 g/mol. The summed E-state index contributed by atoms with van der Waals surface area (Å²) >= 11 is 4.34. The van der Waals surface area contributed by atoms with Gasteiger partial charge in [-0.1, -0.05) is 0 Å². The molecular formula is C4H5NO2S. The number of isothiocyanates is 1. The Bertz CT molecular complexity index is 115. The zero-order chi connectivity index (χ0) is 5.82. The van der Waals surface area contributed by atoms with Crippen LogP contribution in [0.25, 0.3) is 0 Å². The van der Waals surface area contributed by atoms with E-state index in [2.05, 4.69) is 22.4 Å². The Morgan fingerprint density at radius 3 is 3.12 bits per heavy atom. The number of hydrogen-bond donors (Lipinski definition) is 0. The summed E-state index contributed by atoms with van der Waals surface area (Å²) in [7, 11) is 0. The molecule has 0 aromatic heterocycles. The zero-order valence-electron chi connectivity index (χ0n) is 4.16. The molecule has 1 aliphatic heterocycles. The van der Waals surface area contributed by atoms with E-state index in [4.69, 9.17) is 9.47 Å². The van der Waals surface area contributed by atoms with Crippen molar-refractivity contribution >= 4 is 17.4 Å². The minimum Gasteiger partial charge on any atom is -0.351 e. The average molecular weight is 131 g/mol. The molecule has 8 heavy (non-hydrogen) atoms. The molecule has 0 aromatic rings. The van der Waals surface area contributed by atoms with Gasteiger partial charge in [-0.15, -0.1) is 0 Å². The van der Waals surface area contributed by atoms with E-state index >= 15 is 0 Å². The molecule has 1 unspecified atom stereocenters. The second kappa shape index (κ2) is 2.89. The van der Waals surface area contributed by atoms with Crippen LogP contribution in [0.5, 0.6) is 0 Å². The van der Waals surface area contributed by atoms with E-state index in [0.717, 1.165) is 0 Å². The lowest BCUT2D eigenvalue weighted by Crippen LogP contribution is -2.03. The third-order valence-electron chi connectivity index (χ3n) is 0.801. The van der Waals surface area contributed by atoms with Crippen LogP contribution in [0.1, 0.15) is 0 Å². The molecule has 1 atom stereocenters. The van der Waals surface area contributed by atoms with Crippen molar-refractivity contribution < 1.29 is 9.47 Å². The van der Waals surface area contributed by atoms with Gasteiger partial charge in [0, 0.05) is 0 Å². The molecule has 3 nitrogen and oxygen atoms in total. The van der Waals surface area contributed by atoms with Crippen molar-refractivity contribution in [2.24, 2.45) is 4.99 Å². The van der Waals surface area contributed by atoms with Crippen molar-refractivity contribution in [1.82, 2.24) is 0 Å². The lowest BCUT2D eigenvalue weighted by molar-refractivity contribution is 0.0494. The molecule has 1 rings (SSSR count). The standard InChI is InChI=1S/C4H5NO2S/c8-2-5-4-1-6-3-7-4/h4H,1,3H2. The molecule has 0 amide bonds. The van der Waals surface area contributed by atoms with Gasteiger partial charge in [-0.2, -0.15) is 4.99 Å². The average Bonchev–Trinajstić information content (AvgIpc) is 2.19. The summed E-state index contributed by atoms with van der Waals surface area (Å²) in [6, 6.07) is 0. The van der Waals surface area contributed by atoms with E-state index in [-0.39, 0.29) is 6.23 Å². The SMILES string of the molecule is S=C=NC1COCO1. The first-order valence-electron chi connectivity index (χ1n) is 2.20. The molecule has 0 bridgehead atoms. The molecule has 0 N–H and O–H groups in total. The molecule has 0 radical (unpaired) electrons. The minimum absolute atomic E-state index is 0.201. The maximum Gasteiger partial charge on any atom is 0.184 e. The normalized spacial score (nSPS) is 27.2. The number of hydrogen-bond acceptors (Lipinski definition) is 4. The predicted octanol–water partition coefficient (Wildman–Crippen LogP) is 0.420. The second-order valence-electron chi connectivity index (χ2n) is 1.33. The Morgan fingerprint density at radius 1 is 1.75 bits per heavy atom. The fourth-order valence-corrected chi connectivity index (χ4v) is 0.575. The van der Waals surface area contributed by atoms with E-state index in [1.165, 1.54) is 0 Å². The highest BCUT2D eigenvalue weighted by Crippen LogP contribution is 2.01. The van der Waals surface area contributed by atoms with Crippen LogP contribution in [0.4, 0.5) is 0 Å². The molecule has 1 aliphatic rings. The van der Waals surface area contributed by atoms with Crippen molar-refractivity contribution in [2.45, 2.75) is 6.23 Å². The number of ether oxygens (including phenoxy) is 2. The van der Waals surface area contributed by atoms with Crippen LogP contribution in [0.2, 0.25) is 0 Å². The summed E-state index contributed by atoms with van der Waals surface area (Å²) in [5.41, 5.74) is 0. The largest absolute Gasteiger partial charge is 0.351 e. The zero-order valence-corrected chi connectivity index (χ0v) is 4.98. The second-order valence-corrected chi connectivity index (χ2v) is 1.51. The molecule has 4 heteroatoms. The summed E-state index contributed by atoms with van der Waals surface area (Å²) in [6.07, 6.45) is -0.201. The topological polar surface area (TPSA) is 30.8 Å². The first kappa shape index (κ1) is 5.85. The highest BCUT2D eigenvalue weighted by atomic mass is 32.1. The first-order chi connectivity index (χ1) is 3.93. The van der Waals surface area contributed by atoms with Crippen LogP contribution in [0, 0.1) is 0 Å². The fourth-order valence-electron chi connectivity index (χ4n) is 0.457. The Labute approximate surface area is 52.3 Å². The highest BCUT2D eigenvalue weighted by Gasteiger charge is 2.12. The first-order valence-corrected chi connectivity index (χ1v) is 2.60. The Balaban J connectivity index is 2.35. The van der Waals surface area contributed by atoms with E-state index in [1.807, 2.05) is 0 Å². The van der Waals surface area contributed by atoms with E-state index in [0.29, 0.717) is 13.4 Å². The fraction of sp³-hybridized carbons (Fsp3) is 0.750. The van der Waals surface area contributed by atoms with Gasteiger partial charge in [-0.25, -0.2) is 0 Å². The van der Waals surface area contributed by atoms with Gasteiger partial charge in [0.15, 0.2) is 6.23 Å². The molecule has 0 spiro atoms. The van der Waals surface area contributed by atoms with Crippen molar-refractivity contribution in [1.29, 1.82) is 0 Å². The summed E-state index contributed by atoms with van der Waals surface area (Å²) < 4.78 is 9.68. The molecule has 1 fully saturated rings. The van der Waals surface area contributed by atoms with Gasteiger partial charge < -0.3 is 9.47 Å². The Hall–Kier alpha value is -0.280. The van der Waals surface area contributed by atoms with Gasteiger partial charge in [0.05, 0.1) is 11.8 Å². The number of rotatable bonds is 1. The molecule has 0 aliphatic carbocycles. The van der Waals surface area contributed by atoms with Gasteiger partial charge >= 0.3 is 0 Å². The quantitative estimate of drug-likeness (QED) is 0.381. The molecule has 44 valence electrons. The van der Waals surface area contributed by atoms with Crippen molar-refractivity contribution in [2.75, 3.05) is 13.4 Å². The molecular weight excluding hydrogens is 126 g/mol. The van der Waals surface area contributed by atoms with Crippen LogP contribution in [0.15, 0.2) is 4.99 Å². The molecule has 1 heterocycles. The summed E-state index contributed by atoms with van der Waals surface area (Å²) in [4.78, 5) is 3.64. The smallest absolute Gasteiger partial charge is 0.184 e. The minimum atomic E-state index is -0.201. The molecule has 1 saturated heterocycles. The summed E-state index contributed by atoms with van der Waals surface area (Å²) in [5.74, 6) is 0. The Morgan fingerprint density at radius 2 is 2.62 bits per heavy atom. The molecule has 0 saturated carbocycles.